The lowest BCUT2D eigenvalue weighted by Crippen LogP contribution is -2.31. The van der Waals surface area contributed by atoms with Gasteiger partial charge in [-0.2, -0.15) is 0 Å². The van der Waals surface area contributed by atoms with Crippen molar-refractivity contribution < 1.29 is 19.5 Å². The molecule has 0 bridgehead atoms. The van der Waals surface area contributed by atoms with E-state index in [0.717, 1.165) is 4.90 Å². The molecule has 3 rings (SSSR count). The van der Waals surface area contributed by atoms with Gasteiger partial charge in [0.15, 0.2) is 0 Å². The standard InChI is InChI=1S/C14H7ClN2O4/c15-8-4-1-5-9(10(8)14(20)21)17-12(18)7-3-2-6-16-11(7)13(17)19/h1-6H,(H,20,21). The maximum absolute atomic E-state index is 12.3. The third kappa shape index (κ3) is 1.88. The molecular weight excluding hydrogens is 296 g/mol. The zero-order valence-electron chi connectivity index (χ0n) is 10.4. The van der Waals surface area contributed by atoms with Crippen LogP contribution in [0.4, 0.5) is 5.69 Å². The number of aromatic nitrogens is 1. The summed E-state index contributed by atoms with van der Waals surface area (Å²) in [6.07, 6.45) is 1.39. The minimum absolute atomic E-state index is 0.00110. The molecule has 0 fully saturated rings. The SMILES string of the molecule is O=C(O)c1c(Cl)cccc1N1C(=O)c2cccnc2C1=O. The van der Waals surface area contributed by atoms with Gasteiger partial charge < -0.3 is 5.11 Å². The number of amides is 2. The maximum atomic E-state index is 12.3. The Hall–Kier alpha value is -2.73. The summed E-state index contributed by atoms with van der Waals surface area (Å²) < 4.78 is 0. The Morgan fingerprint density at radius 2 is 1.90 bits per heavy atom. The number of hydrogen-bond acceptors (Lipinski definition) is 4. The number of anilines is 1. The molecular formula is C14H7ClN2O4. The van der Waals surface area contributed by atoms with Crippen LogP contribution in [0.15, 0.2) is 36.5 Å². The largest absolute Gasteiger partial charge is 0.478 e. The first-order valence-electron chi connectivity index (χ1n) is 5.88. The van der Waals surface area contributed by atoms with Gasteiger partial charge in [-0.15, -0.1) is 0 Å². The lowest BCUT2D eigenvalue weighted by atomic mass is 10.1. The van der Waals surface area contributed by atoms with E-state index in [-0.39, 0.29) is 27.5 Å². The van der Waals surface area contributed by atoms with Gasteiger partial charge in [0.2, 0.25) is 0 Å². The highest BCUT2D eigenvalue weighted by atomic mass is 35.5. The van der Waals surface area contributed by atoms with E-state index in [2.05, 4.69) is 4.98 Å². The van der Waals surface area contributed by atoms with Crippen molar-refractivity contribution in [3.63, 3.8) is 0 Å². The highest BCUT2D eigenvalue weighted by Gasteiger charge is 2.39. The second-order valence-corrected chi connectivity index (χ2v) is 4.69. The molecule has 0 radical (unpaired) electrons. The monoisotopic (exact) mass is 302 g/mol. The van der Waals surface area contributed by atoms with Gasteiger partial charge in [0.1, 0.15) is 11.3 Å². The highest BCUT2D eigenvalue weighted by molar-refractivity contribution is 6.37. The molecule has 0 atom stereocenters. The van der Waals surface area contributed by atoms with Gasteiger partial charge in [-0.25, -0.2) is 9.69 Å². The maximum Gasteiger partial charge on any atom is 0.339 e. The van der Waals surface area contributed by atoms with Crippen LogP contribution in [0.25, 0.3) is 0 Å². The van der Waals surface area contributed by atoms with Crippen molar-refractivity contribution in [2.75, 3.05) is 4.90 Å². The van der Waals surface area contributed by atoms with Crippen LogP contribution in [0.1, 0.15) is 31.2 Å². The number of carbonyl (C=O) groups is 3. The number of carbonyl (C=O) groups excluding carboxylic acids is 2. The Morgan fingerprint density at radius 3 is 2.57 bits per heavy atom. The number of carboxylic acids is 1. The Kier molecular flexibility index (Phi) is 2.95. The number of nitrogens with zero attached hydrogens (tertiary/aromatic N) is 2. The minimum atomic E-state index is -1.32. The minimum Gasteiger partial charge on any atom is -0.478 e. The molecule has 21 heavy (non-hydrogen) atoms. The number of carboxylic acid groups (broad SMARTS) is 1. The molecule has 1 aliphatic rings. The molecule has 1 N–H and O–H groups in total. The van der Waals surface area contributed by atoms with Crippen LogP contribution < -0.4 is 4.90 Å². The van der Waals surface area contributed by atoms with Gasteiger partial charge in [-0.3, -0.25) is 14.6 Å². The van der Waals surface area contributed by atoms with E-state index in [1.807, 2.05) is 0 Å². The van der Waals surface area contributed by atoms with Gasteiger partial charge in [0, 0.05) is 6.20 Å². The molecule has 2 aromatic rings. The van der Waals surface area contributed by atoms with Crippen molar-refractivity contribution in [2.24, 2.45) is 0 Å². The average Bonchev–Trinajstić information content (AvgIpc) is 2.71. The second kappa shape index (κ2) is 4.68. The van der Waals surface area contributed by atoms with Crippen molar-refractivity contribution in [1.29, 1.82) is 0 Å². The number of pyridine rings is 1. The van der Waals surface area contributed by atoms with Crippen molar-refractivity contribution in [3.05, 3.63) is 58.4 Å². The average molecular weight is 303 g/mol. The first-order valence-corrected chi connectivity index (χ1v) is 6.25. The number of aromatic carboxylic acids is 1. The lowest BCUT2D eigenvalue weighted by molar-refractivity contribution is 0.0698. The normalized spacial score (nSPS) is 13.5. The molecule has 0 aliphatic carbocycles. The fourth-order valence-electron chi connectivity index (χ4n) is 2.20. The lowest BCUT2D eigenvalue weighted by Gasteiger charge is -2.16. The van der Waals surface area contributed by atoms with Crippen LogP contribution in [-0.2, 0) is 0 Å². The summed E-state index contributed by atoms with van der Waals surface area (Å²) in [5.74, 6) is -2.60. The van der Waals surface area contributed by atoms with E-state index >= 15 is 0 Å². The van der Waals surface area contributed by atoms with E-state index < -0.39 is 17.8 Å². The van der Waals surface area contributed by atoms with E-state index in [1.165, 1.54) is 36.5 Å². The third-order valence-electron chi connectivity index (χ3n) is 3.09. The van der Waals surface area contributed by atoms with Crippen molar-refractivity contribution in [3.8, 4) is 0 Å². The Labute approximate surface area is 123 Å². The predicted molar refractivity (Wildman–Crippen MR) is 73.8 cm³/mol. The van der Waals surface area contributed by atoms with E-state index in [0.29, 0.717) is 0 Å². The molecule has 1 aromatic heterocycles. The molecule has 0 saturated heterocycles. The molecule has 1 aliphatic heterocycles. The number of fused-ring (bicyclic) bond motifs is 1. The van der Waals surface area contributed by atoms with Gasteiger partial charge in [-0.05, 0) is 24.3 Å². The smallest absolute Gasteiger partial charge is 0.339 e. The van der Waals surface area contributed by atoms with Crippen molar-refractivity contribution >= 4 is 35.1 Å². The van der Waals surface area contributed by atoms with Crippen molar-refractivity contribution in [1.82, 2.24) is 4.98 Å². The Balaban J connectivity index is 2.21. The first-order chi connectivity index (χ1) is 10.0. The van der Waals surface area contributed by atoms with Gasteiger partial charge in [0.05, 0.1) is 16.3 Å². The highest BCUT2D eigenvalue weighted by Crippen LogP contribution is 2.33. The first kappa shape index (κ1) is 13.3. The number of hydrogen-bond donors (Lipinski definition) is 1. The molecule has 6 nitrogen and oxygen atoms in total. The van der Waals surface area contributed by atoms with Gasteiger partial charge >= 0.3 is 5.97 Å². The van der Waals surface area contributed by atoms with Crippen LogP contribution >= 0.6 is 11.6 Å². The van der Waals surface area contributed by atoms with E-state index in [1.54, 1.807) is 0 Å². The number of rotatable bonds is 2. The summed E-state index contributed by atoms with van der Waals surface area (Å²) in [5, 5.41) is 9.20. The van der Waals surface area contributed by atoms with Crippen molar-refractivity contribution in [2.45, 2.75) is 0 Å². The predicted octanol–water partition coefficient (Wildman–Crippen LogP) is 2.23. The number of imide groups is 1. The third-order valence-corrected chi connectivity index (χ3v) is 3.41. The van der Waals surface area contributed by atoms with Crippen LogP contribution in [0.2, 0.25) is 5.02 Å². The molecule has 1 aromatic carbocycles. The fraction of sp³-hybridized carbons (Fsp3) is 0. The summed E-state index contributed by atoms with van der Waals surface area (Å²) in [4.78, 5) is 40.6. The van der Waals surface area contributed by atoms with Gasteiger partial charge in [-0.1, -0.05) is 17.7 Å². The van der Waals surface area contributed by atoms with Crippen LogP contribution in [-0.4, -0.2) is 27.9 Å². The zero-order valence-corrected chi connectivity index (χ0v) is 11.2. The van der Waals surface area contributed by atoms with Gasteiger partial charge in [0.25, 0.3) is 11.8 Å². The van der Waals surface area contributed by atoms with E-state index in [9.17, 15) is 19.5 Å². The topological polar surface area (TPSA) is 87.6 Å². The summed E-state index contributed by atoms with van der Waals surface area (Å²) in [6, 6.07) is 7.21. The number of benzene rings is 1. The molecule has 7 heteroatoms. The second-order valence-electron chi connectivity index (χ2n) is 4.28. The Bertz CT molecular complexity index is 768. The molecule has 2 heterocycles. The van der Waals surface area contributed by atoms with E-state index in [4.69, 9.17) is 11.6 Å². The Morgan fingerprint density at radius 1 is 1.14 bits per heavy atom. The molecule has 0 saturated carbocycles. The summed E-state index contributed by atoms with van der Waals surface area (Å²) >= 11 is 5.86. The molecule has 0 unspecified atom stereocenters. The summed E-state index contributed by atoms with van der Waals surface area (Å²) in [6.45, 7) is 0. The van der Waals surface area contributed by atoms with Crippen LogP contribution in [0.5, 0.6) is 0 Å². The zero-order chi connectivity index (χ0) is 15.1. The summed E-state index contributed by atoms with van der Waals surface area (Å²) in [7, 11) is 0. The number of halogens is 1. The molecule has 2 amide bonds. The molecule has 104 valence electrons. The molecule has 0 spiro atoms. The van der Waals surface area contributed by atoms with Crippen LogP contribution in [0, 0.1) is 0 Å². The fourth-order valence-corrected chi connectivity index (χ4v) is 2.45. The van der Waals surface area contributed by atoms with Crippen LogP contribution in [0.3, 0.4) is 0 Å². The summed E-state index contributed by atoms with van der Waals surface area (Å²) in [5.41, 5.74) is -0.227. The quantitative estimate of drug-likeness (QED) is 0.860.